The van der Waals surface area contributed by atoms with E-state index in [0.29, 0.717) is 5.92 Å². The normalized spacial score (nSPS) is 42.6. The summed E-state index contributed by atoms with van der Waals surface area (Å²) < 4.78 is 0. The van der Waals surface area contributed by atoms with Crippen LogP contribution >= 0.6 is 0 Å². The predicted octanol–water partition coefficient (Wildman–Crippen LogP) is 4.43. The molecule has 0 spiro atoms. The minimum Gasteiger partial charge on any atom is -0.0661 e. The zero-order valence-electron chi connectivity index (χ0n) is 11.5. The maximum absolute atomic E-state index is 2.46. The van der Waals surface area contributed by atoms with E-state index in [0.717, 1.165) is 23.7 Å². The van der Waals surface area contributed by atoms with Crippen molar-refractivity contribution < 1.29 is 21.7 Å². The van der Waals surface area contributed by atoms with Gasteiger partial charge in [0.15, 0.2) is 0 Å². The van der Waals surface area contributed by atoms with E-state index in [-0.39, 0.29) is 21.7 Å². The minimum atomic E-state index is 0. The average Bonchev–Trinajstić information content (AvgIpc) is 2.50. The van der Waals surface area contributed by atoms with Gasteiger partial charge in [0.2, 0.25) is 0 Å². The van der Waals surface area contributed by atoms with Crippen molar-refractivity contribution in [3.05, 3.63) is 22.8 Å². The molecule has 2 rings (SSSR count). The largest absolute Gasteiger partial charge is 0.0661 e. The first-order valence-electron chi connectivity index (χ1n) is 6.37. The Labute approximate surface area is 115 Å². The maximum Gasteiger partial charge on any atom is 0 e. The third-order valence-corrected chi connectivity index (χ3v) is 5.25. The molecular weight excluding hydrogens is 228 g/mol. The minimum absolute atomic E-state index is 0. The van der Waals surface area contributed by atoms with Crippen molar-refractivity contribution in [1.82, 2.24) is 0 Å². The van der Waals surface area contributed by atoms with Gasteiger partial charge in [-0.1, -0.05) is 51.8 Å². The molecule has 1 heteroatoms. The van der Waals surface area contributed by atoms with Gasteiger partial charge in [0, 0.05) is 21.7 Å². The number of allylic oxidation sites excluding steroid dienone is 4. The molecule has 0 aromatic rings. The van der Waals surface area contributed by atoms with E-state index in [9.17, 15) is 0 Å². The van der Waals surface area contributed by atoms with E-state index >= 15 is 0 Å². The quantitative estimate of drug-likeness (QED) is 0.559. The van der Waals surface area contributed by atoms with Crippen molar-refractivity contribution in [2.24, 2.45) is 29.6 Å². The fourth-order valence-electron chi connectivity index (χ4n) is 3.48. The molecule has 0 saturated heterocycles. The van der Waals surface area contributed by atoms with Gasteiger partial charge in [0.05, 0.1) is 0 Å². The first-order chi connectivity index (χ1) is 6.95. The third kappa shape index (κ3) is 1.89. The van der Waals surface area contributed by atoms with Crippen LogP contribution < -0.4 is 0 Å². The van der Waals surface area contributed by atoms with Gasteiger partial charge in [-0.15, -0.1) is 0 Å². The molecule has 0 N–H and O–H groups in total. The summed E-state index contributed by atoms with van der Waals surface area (Å²) in [6.45, 7) is 14.3. The van der Waals surface area contributed by atoms with Crippen LogP contribution in [0.5, 0.6) is 0 Å². The SMILES string of the molecule is CC1=CC2=C(C1C)C(C)C(C)C(C)C2C.[Ti]. The topological polar surface area (TPSA) is 0 Å². The molecule has 16 heavy (non-hydrogen) atoms. The summed E-state index contributed by atoms with van der Waals surface area (Å²) in [4.78, 5) is 0. The molecule has 0 nitrogen and oxygen atoms in total. The van der Waals surface area contributed by atoms with Gasteiger partial charge < -0.3 is 0 Å². The molecule has 0 aromatic carbocycles. The molecule has 88 valence electrons. The Morgan fingerprint density at radius 3 is 1.94 bits per heavy atom. The molecule has 5 atom stereocenters. The van der Waals surface area contributed by atoms with Gasteiger partial charge >= 0.3 is 0 Å². The molecule has 0 radical (unpaired) electrons. The molecule has 0 heterocycles. The molecule has 0 aromatic heterocycles. The molecule has 0 saturated carbocycles. The monoisotopic (exact) mass is 252 g/mol. The van der Waals surface area contributed by atoms with E-state index in [4.69, 9.17) is 0 Å². The number of hydrogen-bond acceptors (Lipinski definition) is 0. The van der Waals surface area contributed by atoms with E-state index in [1.807, 2.05) is 0 Å². The van der Waals surface area contributed by atoms with Gasteiger partial charge in [0.1, 0.15) is 0 Å². The van der Waals surface area contributed by atoms with Gasteiger partial charge in [-0.05, 0) is 42.1 Å². The van der Waals surface area contributed by atoms with Crippen molar-refractivity contribution >= 4 is 0 Å². The molecule has 2 aliphatic rings. The van der Waals surface area contributed by atoms with Crippen molar-refractivity contribution in [3.63, 3.8) is 0 Å². The van der Waals surface area contributed by atoms with Gasteiger partial charge in [-0.25, -0.2) is 0 Å². The summed E-state index contributed by atoms with van der Waals surface area (Å²) in [5.41, 5.74) is 4.98. The summed E-state index contributed by atoms with van der Waals surface area (Å²) in [6, 6.07) is 0. The zero-order valence-corrected chi connectivity index (χ0v) is 13.0. The van der Waals surface area contributed by atoms with E-state index in [1.54, 1.807) is 16.7 Å². The summed E-state index contributed by atoms with van der Waals surface area (Å²) >= 11 is 0. The summed E-state index contributed by atoms with van der Waals surface area (Å²) in [5.74, 6) is 3.89. The first-order valence-corrected chi connectivity index (χ1v) is 6.37. The summed E-state index contributed by atoms with van der Waals surface area (Å²) in [5, 5.41) is 0. The van der Waals surface area contributed by atoms with Crippen LogP contribution in [0.2, 0.25) is 0 Å². The van der Waals surface area contributed by atoms with Gasteiger partial charge in [0.25, 0.3) is 0 Å². The standard InChI is InChI=1S/C15H24.Ti/c1-8-7-14-12(5)10(3)11(4)13(6)15(14)9(8)2;/h7,9-13H,1-6H3;. The molecular formula is C15H24Ti. The fourth-order valence-corrected chi connectivity index (χ4v) is 3.48. The Morgan fingerprint density at radius 1 is 0.875 bits per heavy atom. The zero-order chi connectivity index (χ0) is 11.3. The number of rotatable bonds is 0. The molecule has 0 bridgehead atoms. The first kappa shape index (κ1) is 14.3. The summed E-state index contributed by atoms with van der Waals surface area (Å²) in [6.07, 6.45) is 2.46. The predicted molar refractivity (Wildman–Crippen MR) is 66.6 cm³/mol. The Bertz CT molecular complexity index is 337. The van der Waals surface area contributed by atoms with Crippen LogP contribution in [0.3, 0.4) is 0 Å². The van der Waals surface area contributed by atoms with E-state index in [1.165, 1.54) is 0 Å². The van der Waals surface area contributed by atoms with Crippen LogP contribution in [0.25, 0.3) is 0 Å². The molecule has 0 amide bonds. The Balaban J connectivity index is 0.00000128. The Hall–Kier alpha value is 0.194. The molecule has 5 unspecified atom stereocenters. The van der Waals surface area contributed by atoms with Crippen molar-refractivity contribution in [3.8, 4) is 0 Å². The number of hydrogen-bond donors (Lipinski definition) is 0. The Morgan fingerprint density at radius 2 is 1.38 bits per heavy atom. The van der Waals surface area contributed by atoms with Crippen molar-refractivity contribution in [2.45, 2.75) is 41.5 Å². The van der Waals surface area contributed by atoms with Crippen LogP contribution in [0.15, 0.2) is 22.8 Å². The van der Waals surface area contributed by atoms with Gasteiger partial charge in [-0.2, -0.15) is 0 Å². The van der Waals surface area contributed by atoms with Crippen LogP contribution in [0.4, 0.5) is 0 Å². The fraction of sp³-hybridized carbons (Fsp3) is 0.733. The van der Waals surface area contributed by atoms with Crippen LogP contribution in [0, 0.1) is 29.6 Å². The smallest absolute Gasteiger partial charge is 0 e. The Kier molecular flexibility index (Phi) is 4.30. The molecule has 0 aliphatic heterocycles. The van der Waals surface area contributed by atoms with Crippen LogP contribution in [-0.4, -0.2) is 0 Å². The average molecular weight is 252 g/mol. The van der Waals surface area contributed by atoms with E-state index in [2.05, 4.69) is 47.6 Å². The van der Waals surface area contributed by atoms with Crippen molar-refractivity contribution in [1.29, 1.82) is 0 Å². The third-order valence-electron chi connectivity index (χ3n) is 5.25. The molecule has 2 aliphatic carbocycles. The van der Waals surface area contributed by atoms with E-state index < -0.39 is 0 Å². The second-order valence-electron chi connectivity index (χ2n) is 5.82. The second kappa shape index (κ2) is 4.82. The molecule has 0 fully saturated rings. The maximum atomic E-state index is 2.46. The second-order valence-corrected chi connectivity index (χ2v) is 5.82. The van der Waals surface area contributed by atoms with Gasteiger partial charge in [-0.3, -0.25) is 0 Å². The summed E-state index contributed by atoms with van der Waals surface area (Å²) in [7, 11) is 0. The van der Waals surface area contributed by atoms with Crippen LogP contribution in [-0.2, 0) is 21.7 Å². The van der Waals surface area contributed by atoms with Crippen molar-refractivity contribution in [2.75, 3.05) is 0 Å². The van der Waals surface area contributed by atoms with Crippen LogP contribution in [0.1, 0.15) is 41.5 Å².